The minimum atomic E-state index is -0.0575. The summed E-state index contributed by atoms with van der Waals surface area (Å²) in [5, 5.41) is 3.18. The van der Waals surface area contributed by atoms with E-state index in [1.54, 1.807) is 0 Å². The summed E-state index contributed by atoms with van der Waals surface area (Å²) in [4.78, 5) is 12.6. The Balaban J connectivity index is 1.58. The number of amides is 1. The Morgan fingerprint density at radius 3 is 2.86 bits per heavy atom. The molecule has 22 heavy (non-hydrogen) atoms. The van der Waals surface area contributed by atoms with Crippen LogP contribution in [0.4, 0.5) is 0 Å². The number of halogens is 1. The molecule has 1 aromatic rings. The second-order valence-electron chi connectivity index (χ2n) is 6.41. The summed E-state index contributed by atoms with van der Waals surface area (Å²) in [5.41, 5.74) is 7.51. The molecular formula is C17H24BrN3O. The predicted molar refractivity (Wildman–Crippen MR) is 91.1 cm³/mol. The lowest BCUT2D eigenvalue weighted by Gasteiger charge is -2.24. The average Bonchev–Trinajstić information content (AvgIpc) is 3.03. The van der Waals surface area contributed by atoms with Gasteiger partial charge in [-0.05, 0) is 36.5 Å². The maximum absolute atomic E-state index is 12.6. The third kappa shape index (κ3) is 3.89. The first-order valence-corrected chi connectivity index (χ1v) is 9.05. The van der Waals surface area contributed by atoms with Crippen molar-refractivity contribution >= 4 is 21.8 Å². The van der Waals surface area contributed by atoms with Crippen LogP contribution in [0, 0.1) is 11.8 Å². The lowest BCUT2D eigenvalue weighted by Crippen LogP contribution is -2.38. The lowest BCUT2D eigenvalue weighted by molar-refractivity contribution is -0.125. The fraction of sp³-hybridized carbons (Fsp3) is 0.588. The zero-order chi connectivity index (χ0) is 15.4. The van der Waals surface area contributed by atoms with Gasteiger partial charge in [-0.15, -0.1) is 0 Å². The number of rotatable bonds is 4. The fourth-order valence-corrected chi connectivity index (χ4v) is 3.94. The number of benzene rings is 1. The van der Waals surface area contributed by atoms with E-state index in [2.05, 4.69) is 44.2 Å². The van der Waals surface area contributed by atoms with Crippen molar-refractivity contribution in [2.45, 2.75) is 38.1 Å². The van der Waals surface area contributed by atoms with E-state index in [0.29, 0.717) is 12.5 Å². The summed E-state index contributed by atoms with van der Waals surface area (Å²) in [6.07, 6.45) is 6.50. The van der Waals surface area contributed by atoms with Crippen molar-refractivity contribution in [3.8, 4) is 0 Å². The zero-order valence-corrected chi connectivity index (χ0v) is 14.4. The van der Waals surface area contributed by atoms with Crippen LogP contribution in [0.25, 0.3) is 0 Å². The van der Waals surface area contributed by atoms with Crippen molar-refractivity contribution in [3.63, 3.8) is 0 Å². The number of nitrogens with one attached hydrogen (secondary N) is 3. The molecule has 3 N–H and O–H groups in total. The van der Waals surface area contributed by atoms with Crippen molar-refractivity contribution in [2.75, 3.05) is 13.1 Å². The van der Waals surface area contributed by atoms with Crippen LogP contribution < -0.4 is 16.2 Å². The summed E-state index contributed by atoms with van der Waals surface area (Å²) in [6, 6.07) is 8.19. The Kier molecular flexibility index (Phi) is 5.50. The minimum absolute atomic E-state index is 0.0313. The van der Waals surface area contributed by atoms with Crippen LogP contribution in [0.5, 0.6) is 0 Å². The van der Waals surface area contributed by atoms with Gasteiger partial charge in [0.1, 0.15) is 0 Å². The first-order chi connectivity index (χ1) is 10.7. The summed E-state index contributed by atoms with van der Waals surface area (Å²) < 4.78 is 1.04. The molecule has 0 aromatic heterocycles. The smallest absolute Gasteiger partial charge is 0.226 e. The Morgan fingerprint density at radius 2 is 2.09 bits per heavy atom. The molecule has 1 saturated carbocycles. The molecule has 1 aliphatic heterocycles. The Bertz CT molecular complexity index is 516. The molecule has 2 atom stereocenters. The highest BCUT2D eigenvalue weighted by Gasteiger charge is 2.34. The lowest BCUT2D eigenvalue weighted by atomic mass is 9.89. The second-order valence-corrected chi connectivity index (χ2v) is 7.33. The molecular weight excluding hydrogens is 342 g/mol. The van der Waals surface area contributed by atoms with Crippen molar-refractivity contribution < 1.29 is 4.79 Å². The van der Waals surface area contributed by atoms with E-state index in [9.17, 15) is 4.79 Å². The molecule has 1 aliphatic carbocycles. The standard InChI is InChI=1S/C17H24BrN3O/c18-14-8-4-7-13(9-14)16-15(11-20-21-16)17(22)19-10-12-5-2-1-3-6-12/h4,7-9,12,15-16,20-21H,1-3,5-6,10-11H2,(H,19,22). The fourth-order valence-electron chi connectivity index (χ4n) is 3.52. The number of carbonyl (C=O) groups excluding carboxylic acids is 1. The van der Waals surface area contributed by atoms with Crippen LogP contribution in [0.3, 0.4) is 0 Å². The van der Waals surface area contributed by atoms with E-state index in [-0.39, 0.29) is 17.9 Å². The van der Waals surface area contributed by atoms with Crippen LogP contribution in [0.2, 0.25) is 0 Å². The van der Waals surface area contributed by atoms with Gasteiger partial charge in [-0.2, -0.15) is 0 Å². The molecule has 1 heterocycles. The third-order valence-corrected chi connectivity index (χ3v) is 5.31. The van der Waals surface area contributed by atoms with Crippen LogP contribution >= 0.6 is 15.9 Å². The van der Waals surface area contributed by atoms with E-state index >= 15 is 0 Å². The quantitative estimate of drug-likeness (QED) is 0.768. The van der Waals surface area contributed by atoms with Gasteiger partial charge in [-0.25, -0.2) is 5.43 Å². The second kappa shape index (κ2) is 7.57. The van der Waals surface area contributed by atoms with Crippen LogP contribution in [-0.2, 0) is 4.79 Å². The minimum Gasteiger partial charge on any atom is -0.355 e. The van der Waals surface area contributed by atoms with E-state index in [0.717, 1.165) is 16.6 Å². The van der Waals surface area contributed by atoms with E-state index < -0.39 is 0 Å². The Hall–Kier alpha value is -0.910. The van der Waals surface area contributed by atoms with Crippen molar-refractivity contribution in [1.29, 1.82) is 0 Å². The summed E-state index contributed by atoms with van der Waals surface area (Å²) in [5.74, 6) is 0.773. The molecule has 5 heteroatoms. The number of hydrogen-bond donors (Lipinski definition) is 3. The summed E-state index contributed by atoms with van der Waals surface area (Å²) >= 11 is 3.50. The van der Waals surface area contributed by atoms with Gasteiger partial charge in [-0.3, -0.25) is 10.2 Å². The molecule has 0 spiro atoms. The Morgan fingerprint density at radius 1 is 1.27 bits per heavy atom. The van der Waals surface area contributed by atoms with Gasteiger partial charge in [0.15, 0.2) is 0 Å². The van der Waals surface area contributed by atoms with Gasteiger partial charge in [-0.1, -0.05) is 47.3 Å². The molecule has 2 aliphatic rings. The maximum atomic E-state index is 12.6. The van der Waals surface area contributed by atoms with Crippen molar-refractivity contribution in [3.05, 3.63) is 34.3 Å². The van der Waals surface area contributed by atoms with Gasteiger partial charge >= 0.3 is 0 Å². The van der Waals surface area contributed by atoms with Crippen LogP contribution in [-0.4, -0.2) is 19.0 Å². The van der Waals surface area contributed by atoms with Gasteiger partial charge in [0.25, 0.3) is 0 Å². The molecule has 1 amide bonds. The van der Waals surface area contributed by atoms with Crippen LogP contribution in [0.15, 0.2) is 28.7 Å². The molecule has 1 saturated heterocycles. The van der Waals surface area contributed by atoms with E-state index in [4.69, 9.17) is 0 Å². The average molecular weight is 366 g/mol. The highest BCUT2D eigenvalue weighted by atomic mass is 79.9. The van der Waals surface area contributed by atoms with E-state index in [1.165, 1.54) is 32.1 Å². The SMILES string of the molecule is O=C(NCC1CCCCC1)C1CNNC1c1cccc(Br)c1. The molecule has 0 radical (unpaired) electrons. The van der Waals surface area contributed by atoms with Crippen molar-refractivity contribution in [1.82, 2.24) is 16.2 Å². The van der Waals surface area contributed by atoms with Gasteiger partial charge in [0.2, 0.25) is 5.91 Å². The number of hydrogen-bond acceptors (Lipinski definition) is 3. The van der Waals surface area contributed by atoms with Gasteiger partial charge in [0.05, 0.1) is 12.0 Å². The number of carbonyl (C=O) groups is 1. The first kappa shape index (κ1) is 16.0. The highest BCUT2D eigenvalue weighted by molar-refractivity contribution is 9.10. The maximum Gasteiger partial charge on any atom is 0.226 e. The molecule has 120 valence electrons. The van der Waals surface area contributed by atoms with Crippen LogP contribution in [0.1, 0.15) is 43.7 Å². The molecule has 2 unspecified atom stereocenters. The van der Waals surface area contributed by atoms with E-state index in [1.807, 2.05) is 12.1 Å². The molecule has 4 nitrogen and oxygen atoms in total. The molecule has 1 aromatic carbocycles. The zero-order valence-electron chi connectivity index (χ0n) is 12.8. The molecule has 3 rings (SSSR count). The summed E-state index contributed by atoms with van der Waals surface area (Å²) in [7, 11) is 0. The van der Waals surface area contributed by atoms with Crippen molar-refractivity contribution in [2.24, 2.45) is 11.8 Å². The summed E-state index contributed by atoms with van der Waals surface area (Å²) in [6.45, 7) is 1.51. The highest BCUT2D eigenvalue weighted by Crippen LogP contribution is 2.27. The van der Waals surface area contributed by atoms with Gasteiger partial charge in [0, 0.05) is 17.6 Å². The topological polar surface area (TPSA) is 53.2 Å². The number of hydrazine groups is 1. The van der Waals surface area contributed by atoms with Gasteiger partial charge < -0.3 is 5.32 Å². The molecule has 0 bridgehead atoms. The largest absolute Gasteiger partial charge is 0.355 e. The molecule has 2 fully saturated rings. The Labute approximate surface area is 140 Å². The first-order valence-electron chi connectivity index (χ1n) is 8.25. The third-order valence-electron chi connectivity index (χ3n) is 4.82. The monoisotopic (exact) mass is 365 g/mol. The normalized spacial score (nSPS) is 26.0. The predicted octanol–water partition coefficient (Wildman–Crippen LogP) is 2.91.